The molecule has 0 aliphatic rings. The lowest BCUT2D eigenvalue weighted by Crippen LogP contribution is -2.34. The van der Waals surface area contributed by atoms with E-state index in [0.717, 1.165) is 10.1 Å². The summed E-state index contributed by atoms with van der Waals surface area (Å²) in [6, 6.07) is 5.35. The van der Waals surface area contributed by atoms with E-state index in [0.29, 0.717) is 22.0 Å². The number of nitrogen functional groups attached to an aromatic ring is 1. The van der Waals surface area contributed by atoms with Crippen molar-refractivity contribution in [3.8, 4) is 0 Å². The molecule has 2 rings (SSSR count). The van der Waals surface area contributed by atoms with E-state index in [1.54, 1.807) is 13.0 Å². The molecule has 4 N–H and O–H groups in total. The summed E-state index contributed by atoms with van der Waals surface area (Å²) >= 11 is 7.44. The molecule has 0 fully saturated rings. The molecule has 2 atom stereocenters. The number of hydrogen-bond acceptors (Lipinski definition) is 4. The van der Waals surface area contributed by atoms with Gasteiger partial charge in [-0.05, 0) is 32.4 Å². The van der Waals surface area contributed by atoms with Crippen LogP contribution < -0.4 is 11.1 Å². The Morgan fingerprint density at radius 3 is 2.80 bits per heavy atom. The molecule has 1 aromatic carbocycles. The second-order valence-corrected chi connectivity index (χ2v) is 6.38. The Hall–Kier alpha value is -1.30. The molecule has 0 bridgehead atoms. The van der Waals surface area contributed by atoms with Crippen molar-refractivity contribution in [2.75, 3.05) is 5.73 Å². The Morgan fingerprint density at radius 2 is 2.20 bits per heavy atom. The highest BCUT2D eigenvalue weighted by atomic mass is 35.5. The lowest BCUT2D eigenvalue weighted by Gasteiger charge is -2.14. The molecule has 0 aliphatic carbocycles. The van der Waals surface area contributed by atoms with Gasteiger partial charge in [0.2, 0.25) is 0 Å². The van der Waals surface area contributed by atoms with Crippen LogP contribution in [0.3, 0.4) is 0 Å². The number of aliphatic hydroxyl groups excluding tert-OH is 1. The molecule has 1 heterocycles. The number of carbonyl (C=O) groups is 1. The van der Waals surface area contributed by atoms with Crippen molar-refractivity contribution in [1.82, 2.24) is 5.32 Å². The lowest BCUT2D eigenvalue weighted by atomic mass is 10.1. The predicted molar refractivity (Wildman–Crippen MR) is 84.5 cm³/mol. The third-order valence-electron chi connectivity index (χ3n) is 2.98. The zero-order valence-electron chi connectivity index (χ0n) is 11.3. The molecule has 0 spiro atoms. The van der Waals surface area contributed by atoms with Crippen LogP contribution in [0, 0.1) is 0 Å². The largest absolute Gasteiger partial charge is 0.397 e. The highest BCUT2D eigenvalue weighted by Crippen LogP contribution is 2.37. The first-order chi connectivity index (χ1) is 9.40. The number of anilines is 1. The molecule has 2 unspecified atom stereocenters. The summed E-state index contributed by atoms with van der Waals surface area (Å²) < 4.78 is 0.892. The maximum absolute atomic E-state index is 12.2. The van der Waals surface area contributed by atoms with Gasteiger partial charge in [-0.2, -0.15) is 0 Å². The standard InChI is InChI=1S/C14H17ClN2O2S/c1-7(6-8(2)18)17-14(19)13-12(16)11-9(15)4-3-5-10(11)20-13/h3-5,7-8,18H,6,16H2,1-2H3,(H,17,19). The fraction of sp³-hybridized carbons (Fsp3) is 0.357. The number of hydrogen-bond donors (Lipinski definition) is 3. The molecule has 4 nitrogen and oxygen atoms in total. The van der Waals surface area contributed by atoms with E-state index in [1.165, 1.54) is 11.3 Å². The number of halogens is 1. The molecule has 20 heavy (non-hydrogen) atoms. The lowest BCUT2D eigenvalue weighted by molar-refractivity contribution is 0.0928. The summed E-state index contributed by atoms with van der Waals surface area (Å²) in [5.74, 6) is -0.229. The summed E-state index contributed by atoms with van der Waals surface area (Å²) in [6.45, 7) is 3.54. The molecule has 6 heteroatoms. The molecule has 1 amide bonds. The predicted octanol–water partition coefficient (Wildman–Crippen LogP) is 3.03. The molecule has 1 aromatic heterocycles. The van der Waals surface area contributed by atoms with Gasteiger partial charge >= 0.3 is 0 Å². The van der Waals surface area contributed by atoms with Crippen LogP contribution in [-0.2, 0) is 0 Å². The van der Waals surface area contributed by atoms with Gasteiger partial charge < -0.3 is 16.2 Å². The van der Waals surface area contributed by atoms with Crippen LogP contribution in [0.5, 0.6) is 0 Å². The van der Waals surface area contributed by atoms with Crippen molar-refractivity contribution in [2.45, 2.75) is 32.4 Å². The van der Waals surface area contributed by atoms with Crippen LogP contribution in [0.4, 0.5) is 5.69 Å². The van der Waals surface area contributed by atoms with Crippen LogP contribution >= 0.6 is 22.9 Å². The Morgan fingerprint density at radius 1 is 1.50 bits per heavy atom. The Balaban J connectivity index is 2.27. The van der Waals surface area contributed by atoms with Gasteiger partial charge in [0.1, 0.15) is 4.88 Å². The van der Waals surface area contributed by atoms with Crippen LogP contribution in [0.1, 0.15) is 29.9 Å². The zero-order chi connectivity index (χ0) is 14.9. The van der Waals surface area contributed by atoms with Gasteiger partial charge in [-0.25, -0.2) is 0 Å². The van der Waals surface area contributed by atoms with E-state index < -0.39 is 6.10 Å². The Bertz CT molecular complexity index is 639. The number of carbonyl (C=O) groups excluding carboxylic acids is 1. The average Bonchev–Trinajstić information content (AvgIpc) is 2.67. The highest BCUT2D eigenvalue weighted by molar-refractivity contribution is 7.21. The second kappa shape index (κ2) is 5.99. The van der Waals surface area contributed by atoms with Gasteiger partial charge in [-0.15, -0.1) is 11.3 Å². The minimum Gasteiger partial charge on any atom is -0.397 e. The quantitative estimate of drug-likeness (QED) is 0.812. The number of fused-ring (bicyclic) bond motifs is 1. The third kappa shape index (κ3) is 3.06. The normalized spacial score (nSPS) is 14.2. The Kier molecular flexibility index (Phi) is 4.52. The Labute approximate surface area is 126 Å². The minimum absolute atomic E-state index is 0.123. The van der Waals surface area contributed by atoms with Crippen LogP contribution in [0.2, 0.25) is 5.02 Å². The molecular weight excluding hydrogens is 296 g/mol. The van der Waals surface area contributed by atoms with Gasteiger partial charge in [-0.3, -0.25) is 4.79 Å². The van der Waals surface area contributed by atoms with Crippen molar-refractivity contribution in [1.29, 1.82) is 0 Å². The number of aliphatic hydroxyl groups is 1. The molecule has 0 radical (unpaired) electrons. The fourth-order valence-electron chi connectivity index (χ4n) is 2.16. The number of nitrogens with two attached hydrogens (primary N) is 1. The van der Waals surface area contributed by atoms with Crippen molar-refractivity contribution < 1.29 is 9.90 Å². The highest BCUT2D eigenvalue weighted by Gasteiger charge is 2.19. The van der Waals surface area contributed by atoms with Crippen molar-refractivity contribution in [3.05, 3.63) is 28.1 Å². The first-order valence-electron chi connectivity index (χ1n) is 6.35. The van der Waals surface area contributed by atoms with E-state index in [9.17, 15) is 9.90 Å². The summed E-state index contributed by atoms with van der Waals surface area (Å²) in [5, 5.41) is 13.4. The van der Waals surface area contributed by atoms with Gasteiger partial charge in [0, 0.05) is 16.1 Å². The van der Waals surface area contributed by atoms with Crippen LogP contribution in [0.15, 0.2) is 18.2 Å². The van der Waals surface area contributed by atoms with Crippen LogP contribution in [-0.4, -0.2) is 23.2 Å². The van der Waals surface area contributed by atoms with E-state index in [2.05, 4.69) is 5.32 Å². The smallest absolute Gasteiger partial charge is 0.263 e. The van der Waals surface area contributed by atoms with E-state index in [-0.39, 0.29) is 11.9 Å². The maximum Gasteiger partial charge on any atom is 0.263 e. The van der Waals surface area contributed by atoms with Gasteiger partial charge in [-0.1, -0.05) is 17.7 Å². The topological polar surface area (TPSA) is 75.3 Å². The second-order valence-electron chi connectivity index (χ2n) is 4.92. The summed E-state index contributed by atoms with van der Waals surface area (Å²) in [6.07, 6.45) is 0.0385. The first-order valence-corrected chi connectivity index (χ1v) is 7.55. The van der Waals surface area contributed by atoms with E-state index >= 15 is 0 Å². The number of thiophene rings is 1. The van der Waals surface area contributed by atoms with Gasteiger partial charge in [0.25, 0.3) is 5.91 Å². The van der Waals surface area contributed by atoms with Gasteiger partial charge in [0.05, 0.1) is 16.8 Å². The number of benzene rings is 1. The minimum atomic E-state index is -0.459. The number of rotatable bonds is 4. The molecular formula is C14H17ClN2O2S. The van der Waals surface area contributed by atoms with E-state index in [4.69, 9.17) is 17.3 Å². The summed E-state index contributed by atoms with van der Waals surface area (Å²) in [7, 11) is 0. The van der Waals surface area contributed by atoms with E-state index in [1.807, 2.05) is 19.1 Å². The van der Waals surface area contributed by atoms with Crippen molar-refractivity contribution >= 4 is 44.6 Å². The SMILES string of the molecule is CC(O)CC(C)NC(=O)c1sc2cccc(Cl)c2c1N. The summed E-state index contributed by atoms with van der Waals surface area (Å²) in [4.78, 5) is 12.7. The summed E-state index contributed by atoms with van der Waals surface area (Å²) in [5.41, 5.74) is 6.45. The fourth-order valence-corrected chi connectivity index (χ4v) is 3.54. The first kappa shape index (κ1) is 15.1. The average molecular weight is 313 g/mol. The number of amides is 1. The molecule has 0 saturated heterocycles. The van der Waals surface area contributed by atoms with Crippen molar-refractivity contribution in [3.63, 3.8) is 0 Å². The molecule has 0 saturated carbocycles. The van der Waals surface area contributed by atoms with Crippen molar-refractivity contribution in [2.24, 2.45) is 0 Å². The molecule has 108 valence electrons. The molecule has 2 aromatic rings. The van der Waals surface area contributed by atoms with Crippen LogP contribution in [0.25, 0.3) is 10.1 Å². The maximum atomic E-state index is 12.2. The zero-order valence-corrected chi connectivity index (χ0v) is 12.9. The monoisotopic (exact) mass is 312 g/mol. The number of nitrogens with one attached hydrogen (secondary N) is 1. The molecule has 0 aliphatic heterocycles. The third-order valence-corrected chi connectivity index (χ3v) is 4.46. The van der Waals surface area contributed by atoms with Gasteiger partial charge in [0.15, 0.2) is 0 Å².